The van der Waals surface area contributed by atoms with Gasteiger partial charge in [0.15, 0.2) is 0 Å². The third-order valence-electron chi connectivity index (χ3n) is 2.82. The molecule has 1 aliphatic heterocycles. The van der Waals surface area contributed by atoms with Crippen LogP contribution < -0.4 is 4.74 Å². The highest BCUT2D eigenvalue weighted by Gasteiger charge is 2.15. The Bertz CT molecular complexity index is 342. The molecule has 1 atom stereocenters. The molecule has 0 saturated carbocycles. The Morgan fingerprint density at radius 2 is 2.18 bits per heavy atom. The molecule has 0 amide bonds. The van der Waals surface area contributed by atoms with Crippen molar-refractivity contribution in [3.8, 4) is 5.75 Å². The van der Waals surface area contributed by atoms with Crippen LogP contribution in [0.1, 0.15) is 6.92 Å². The third kappa shape index (κ3) is 4.30. The molecule has 1 aliphatic rings. The number of ether oxygens (including phenoxy) is 2. The summed E-state index contributed by atoms with van der Waals surface area (Å²) < 4.78 is 12.3. The van der Waals surface area contributed by atoms with Gasteiger partial charge in [0.1, 0.15) is 12.4 Å². The summed E-state index contributed by atoms with van der Waals surface area (Å²) in [6, 6.07) is 7.94. The molecule has 1 unspecified atom stereocenters. The highest BCUT2D eigenvalue weighted by atomic mass is 79.9. The summed E-state index contributed by atoms with van der Waals surface area (Å²) in [7, 11) is 0. The normalized spacial score (nSPS) is 21.4. The van der Waals surface area contributed by atoms with Gasteiger partial charge in [-0.15, -0.1) is 0 Å². The van der Waals surface area contributed by atoms with E-state index >= 15 is 0 Å². The average molecular weight is 300 g/mol. The Labute approximate surface area is 111 Å². The van der Waals surface area contributed by atoms with Crippen molar-refractivity contribution in [3.05, 3.63) is 28.7 Å². The first-order valence-electron chi connectivity index (χ1n) is 5.96. The van der Waals surface area contributed by atoms with Crippen LogP contribution >= 0.6 is 15.9 Å². The van der Waals surface area contributed by atoms with Crippen molar-refractivity contribution in [2.45, 2.75) is 13.0 Å². The van der Waals surface area contributed by atoms with Crippen LogP contribution in [0.3, 0.4) is 0 Å². The lowest BCUT2D eigenvalue weighted by Gasteiger charge is -2.30. The van der Waals surface area contributed by atoms with Crippen molar-refractivity contribution in [1.29, 1.82) is 0 Å². The van der Waals surface area contributed by atoms with Gasteiger partial charge in [0.25, 0.3) is 0 Å². The predicted octanol–water partition coefficient (Wildman–Crippen LogP) is 2.55. The van der Waals surface area contributed by atoms with E-state index in [1.54, 1.807) is 0 Å². The van der Waals surface area contributed by atoms with Gasteiger partial charge in [-0.3, -0.25) is 4.90 Å². The van der Waals surface area contributed by atoms with Gasteiger partial charge in [0.2, 0.25) is 0 Å². The van der Waals surface area contributed by atoms with Crippen molar-refractivity contribution >= 4 is 15.9 Å². The SMILES string of the molecule is CC1CN(CCOc2ccc(Br)cc2)CCO1. The Morgan fingerprint density at radius 1 is 1.41 bits per heavy atom. The summed E-state index contributed by atoms with van der Waals surface area (Å²) in [6.45, 7) is 6.65. The topological polar surface area (TPSA) is 21.7 Å². The second kappa shape index (κ2) is 6.38. The molecule has 0 aliphatic carbocycles. The first kappa shape index (κ1) is 12.9. The summed E-state index contributed by atoms with van der Waals surface area (Å²) in [6.07, 6.45) is 0.344. The van der Waals surface area contributed by atoms with E-state index in [0.717, 1.165) is 43.1 Å². The molecule has 4 heteroatoms. The zero-order chi connectivity index (χ0) is 12.1. The Kier molecular flexibility index (Phi) is 4.83. The lowest BCUT2D eigenvalue weighted by Crippen LogP contribution is -2.42. The Morgan fingerprint density at radius 3 is 2.88 bits per heavy atom. The highest BCUT2D eigenvalue weighted by molar-refractivity contribution is 9.10. The monoisotopic (exact) mass is 299 g/mol. The molecule has 0 spiro atoms. The van der Waals surface area contributed by atoms with Crippen LogP contribution in [0.4, 0.5) is 0 Å². The van der Waals surface area contributed by atoms with Gasteiger partial charge in [-0.2, -0.15) is 0 Å². The molecule has 1 saturated heterocycles. The van der Waals surface area contributed by atoms with E-state index in [1.807, 2.05) is 24.3 Å². The average Bonchev–Trinajstić information content (AvgIpc) is 2.32. The van der Waals surface area contributed by atoms with E-state index < -0.39 is 0 Å². The molecular weight excluding hydrogens is 282 g/mol. The van der Waals surface area contributed by atoms with Crippen molar-refractivity contribution in [1.82, 2.24) is 4.90 Å². The zero-order valence-electron chi connectivity index (χ0n) is 10.1. The fourth-order valence-corrected chi connectivity index (χ4v) is 2.18. The molecular formula is C13H18BrNO2. The molecule has 1 fully saturated rings. The number of hydrogen-bond donors (Lipinski definition) is 0. The van der Waals surface area contributed by atoms with Crippen molar-refractivity contribution < 1.29 is 9.47 Å². The maximum absolute atomic E-state index is 5.70. The maximum Gasteiger partial charge on any atom is 0.119 e. The molecule has 2 rings (SSSR count). The number of benzene rings is 1. The van der Waals surface area contributed by atoms with Gasteiger partial charge in [0, 0.05) is 24.1 Å². The van der Waals surface area contributed by atoms with E-state index in [9.17, 15) is 0 Å². The van der Waals surface area contributed by atoms with Gasteiger partial charge in [-0.25, -0.2) is 0 Å². The molecule has 1 aromatic carbocycles. The lowest BCUT2D eigenvalue weighted by molar-refractivity contribution is -0.0214. The Balaban J connectivity index is 1.70. The summed E-state index contributed by atoms with van der Waals surface area (Å²) in [5.74, 6) is 0.925. The molecule has 17 heavy (non-hydrogen) atoms. The number of halogens is 1. The minimum absolute atomic E-state index is 0.344. The second-order valence-corrected chi connectivity index (χ2v) is 5.20. The second-order valence-electron chi connectivity index (χ2n) is 4.28. The van der Waals surface area contributed by atoms with E-state index in [4.69, 9.17) is 9.47 Å². The lowest BCUT2D eigenvalue weighted by atomic mass is 10.3. The van der Waals surface area contributed by atoms with Crippen LogP contribution in [0.15, 0.2) is 28.7 Å². The van der Waals surface area contributed by atoms with Crippen LogP contribution in [0.25, 0.3) is 0 Å². The van der Waals surface area contributed by atoms with Gasteiger partial charge < -0.3 is 9.47 Å². The van der Waals surface area contributed by atoms with E-state index in [2.05, 4.69) is 27.8 Å². The quantitative estimate of drug-likeness (QED) is 0.853. The zero-order valence-corrected chi connectivity index (χ0v) is 11.6. The van der Waals surface area contributed by atoms with Crippen LogP contribution in [0.5, 0.6) is 5.75 Å². The summed E-state index contributed by atoms with van der Waals surface area (Å²) in [4.78, 5) is 2.38. The predicted molar refractivity (Wildman–Crippen MR) is 71.5 cm³/mol. The van der Waals surface area contributed by atoms with Crippen LogP contribution in [0.2, 0.25) is 0 Å². The maximum atomic E-state index is 5.70. The van der Waals surface area contributed by atoms with E-state index in [0.29, 0.717) is 6.10 Å². The number of nitrogens with zero attached hydrogens (tertiary/aromatic N) is 1. The molecule has 1 heterocycles. The van der Waals surface area contributed by atoms with E-state index in [1.165, 1.54) is 0 Å². The Hall–Kier alpha value is -0.580. The van der Waals surface area contributed by atoms with Crippen molar-refractivity contribution in [3.63, 3.8) is 0 Å². The van der Waals surface area contributed by atoms with Crippen molar-refractivity contribution in [2.75, 3.05) is 32.8 Å². The number of rotatable bonds is 4. The molecule has 3 nitrogen and oxygen atoms in total. The summed E-state index contributed by atoms with van der Waals surface area (Å²) in [5, 5.41) is 0. The minimum atomic E-state index is 0.344. The minimum Gasteiger partial charge on any atom is -0.492 e. The summed E-state index contributed by atoms with van der Waals surface area (Å²) in [5.41, 5.74) is 0. The number of morpholine rings is 1. The highest BCUT2D eigenvalue weighted by Crippen LogP contribution is 2.16. The first-order chi connectivity index (χ1) is 8.24. The van der Waals surface area contributed by atoms with Gasteiger partial charge >= 0.3 is 0 Å². The molecule has 1 aromatic rings. The largest absolute Gasteiger partial charge is 0.492 e. The standard InChI is InChI=1S/C13H18BrNO2/c1-11-10-15(6-8-16-11)7-9-17-13-4-2-12(14)3-5-13/h2-5,11H,6-10H2,1H3. The van der Waals surface area contributed by atoms with Crippen molar-refractivity contribution in [2.24, 2.45) is 0 Å². The third-order valence-corrected chi connectivity index (χ3v) is 3.34. The first-order valence-corrected chi connectivity index (χ1v) is 6.75. The molecule has 0 N–H and O–H groups in total. The van der Waals surface area contributed by atoms with E-state index in [-0.39, 0.29) is 0 Å². The number of hydrogen-bond acceptors (Lipinski definition) is 3. The van der Waals surface area contributed by atoms with Gasteiger partial charge in [-0.1, -0.05) is 15.9 Å². The fraction of sp³-hybridized carbons (Fsp3) is 0.538. The smallest absolute Gasteiger partial charge is 0.119 e. The molecule has 94 valence electrons. The van der Waals surface area contributed by atoms with Gasteiger partial charge in [-0.05, 0) is 31.2 Å². The molecule has 0 radical (unpaired) electrons. The van der Waals surface area contributed by atoms with Crippen LogP contribution in [0, 0.1) is 0 Å². The fourth-order valence-electron chi connectivity index (χ4n) is 1.92. The molecule has 0 bridgehead atoms. The van der Waals surface area contributed by atoms with Gasteiger partial charge in [0.05, 0.1) is 12.7 Å². The van der Waals surface area contributed by atoms with Crippen LogP contribution in [-0.2, 0) is 4.74 Å². The molecule has 0 aromatic heterocycles. The summed E-state index contributed by atoms with van der Waals surface area (Å²) >= 11 is 3.41. The van der Waals surface area contributed by atoms with Crippen LogP contribution in [-0.4, -0.2) is 43.9 Å².